The van der Waals surface area contributed by atoms with Crippen molar-refractivity contribution in [3.8, 4) is 0 Å². The van der Waals surface area contributed by atoms with Crippen molar-refractivity contribution in [3.63, 3.8) is 0 Å². The molecule has 0 aliphatic carbocycles. The summed E-state index contributed by atoms with van der Waals surface area (Å²) in [7, 11) is 2.06. The minimum absolute atomic E-state index is 0.886. The van der Waals surface area contributed by atoms with Gasteiger partial charge in [-0.1, -0.05) is 262 Å². The average molecular weight is 873 g/mol. The third-order valence-corrected chi connectivity index (χ3v) is 14.3. The van der Waals surface area contributed by atoms with Gasteiger partial charge in [-0.25, -0.2) is 0 Å². The fourth-order valence-corrected chi connectivity index (χ4v) is 9.99. The number of rotatable bonds is 50. The molecule has 0 aliphatic heterocycles. The van der Waals surface area contributed by atoms with Gasteiger partial charge in [0.05, 0.1) is 0 Å². The fourth-order valence-electron chi connectivity index (χ4n) is 9.99. The van der Waals surface area contributed by atoms with Gasteiger partial charge in [-0.05, 0) is 133 Å². The van der Waals surface area contributed by atoms with E-state index in [1.54, 1.807) is 22.3 Å². The van der Waals surface area contributed by atoms with Gasteiger partial charge in [-0.15, -0.1) is 0 Å². The van der Waals surface area contributed by atoms with Crippen LogP contribution in [0.15, 0.2) is 54.7 Å². The molecule has 0 amide bonds. The van der Waals surface area contributed by atoms with Gasteiger partial charge in [0.1, 0.15) is 0 Å². The van der Waals surface area contributed by atoms with Crippen LogP contribution in [0.5, 0.6) is 0 Å². The molecular formula is C62H113N. The maximum Gasteiger partial charge on any atom is -0.00489 e. The molecule has 1 aromatic rings. The molecule has 0 aromatic heterocycles. The van der Waals surface area contributed by atoms with Crippen molar-refractivity contribution in [2.45, 2.75) is 303 Å². The predicted octanol–water partition coefficient (Wildman–Crippen LogP) is 20.9. The van der Waals surface area contributed by atoms with E-state index >= 15 is 0 Å². The van der Waals surface area contributed by atoms with Gasteiger partial charge >= 0.3 is 0 Å². The van der Waals surface area contributed by atoms with Gasteiger partial charge in [-0.2, -0.15) is 0 Å². The molecule has 1 rings (SSSR count). The molecule has 366 valence electrons. The molecule has 0 unspecified atom stereocenters. The van der Waals surface area contributed by atoms with Crippen LogP contribution in [0.25, 0.3) is 0 Å². The van der Waals surface area contributed by atoms with Gasteiger partial charge in [-0.3, -0.25) is 0 Å². The lowest BCUT2D eigenvalue weighted by Crippen LogP contribution is -2.07. The standard InChI is InChI=1S/C62H113N/c1-8-11-14-17-20-21-26-33-41-56(4)42-34-27-23-25-32-39-48-61-52-50-60(55-62(61)51-49-57(5)44-40-53-63-7)47-38-31-24-22-28-35-43-58(6)54-59(45-36-29-18-15-12-9-2)46-37-30-19-16-13-10-3/h50,52,55,59,63H,4-6,8-49,51,53-54H2,1-3,7H3. The summed E-state index contributed by atoms with van der Waals surface area (Å²) >= 11 is 0. The molecule has 0 bridgehead atoms. The molecule has 0 radical (unpaired) electrons. The first-order valence-corrected chi connectivity index (χ1v) is 28.7. The van der Waals surface area contributed by atoms with Crippen LogP contribution < -0.4 is 5.32 Å². The zero-order valence-corrected chi connectivity index (χ0v) is 43.8. The van der Waals surface area contributed by atoms with E-state index in [0.717, 1.165) is 31.7 Å². The summed E-state index contributed by atoms with van der Waals surface area (Å²) < 4.78 is 0. The molecule has 0 heterocycles. The van der Waals surface area contributed by atoms with Crippen LogP contribution in [0.4, 0.5) is 0 Å². The molecule has 0 atom stereocenters. The molecule has 0 fully saturated rings. The molecule has 1 aromatic carbocycles. The van der Waals surface area contributed by atoms with Crippen LogP contribution in [-0.2, 0) is 19.3 Å². The SMILES string of the molecule is C=C(CCCCCCCCCC)CCCCCCCCc1ccc(CCCCCCCCC(=C)CC(CCCCCCCC)CCCCCCCC)cc1CCC(=C)CCCNC. The Morgan fingerprint density at radius 1 is 0.397 bits per heavy atom. The molecule has 0 aliphatic rings. The lowest BCUT2D eigenvalue weighted by molar-refractivity contribution is 0.396. The van der Waals surface area contributed by atoms with Crippen LogP contribution >= 0.6 is 0 Å². The number of hydrogen-bond acceptors (Lipinski definition) is 1. The van der Waals surface area contributed by atoms with Crippen molar-refractivity contribution in [1.29, 1.82) is 0 Å². The topological polar surface area (TPSA) is 12.0 Å². The Morgan fingerprint density at radius 2 is 0.794 bits per heavy atom. The number of allylic oxidation sites excluding steroid dienone is 3. The second-order valence-electron chi connectivity index (χ2n) is 20.7. The maximum absolute atomic E-state index is 4.61. The minimum Gasteiger partial charge on any atom is -0.320 e. The molecule has 1 nitrogen and oxygen atoms in total. The van der Waals surface area contributed by atoms with Gasteiger partial charge < -0.3 is 5.32 Å². The summed E-state index contributed by atoms with van der Waals surface area (Å²) in [6.45, 7) is 21.5. The van der Waals surface area contributed by atoms with Crippen molar-refractivity contribution in [3.05, 3.63) is 71.3 Å². The van der Waals surface area contributed by atoms with E-state index < -0.39 is 0 Å². The van der Waals surface area contributed by atoms with Crippen molar-refractivity contribution in [1.82, 2.24) is 5.32 Å². The average Bonchev–Trinajstić information content (AvgIpc) is 3.28. The van der Waals surface area contributed by atoms with E-state index in [1.807, 2.05) is 0 Å². The lowest BCUT2D eigenvalue weighted by Gasteiger charge is -2.19. The first-order chi connectivity index (χ1) is 30.9. The Balaban J connectivity index is 2.39. The molecule has 63 heavy (non-hydrogen) atoms. The smallest absolute Gasteiger partial charge is 0.00489 e. The normalized spacial score (nSPS) is 11.6. The van der Waals surface area contributed by atoms with E-state index in [4.69, 9.17) is 0 Å². The fraction of sp³-hybridized carbons (Fsp3) is 0.806. The van der Waals surface area contributed by atoms with E-state index in [9.17, 15) is 0 Å². The zero-order chi connectivity index (χ0) is 45.7. The van der Waals surface area contributed by atoms with Crippen LogP contribution in [-0.4, -0.2) is 13.6 Å². The molecule has 1 heteroatoms. The molecule has 0 spiro atoms. The number of hydrogen-bond donors (Lipinski definition) is 1. The Kier molecular flexibility index (Phi) is 43.0. The maximum atomic E-state index is 4.61. The van der Waals surface area contributed by atoms with E-state index in [1.165, 1.54) is 274 Å². The first-order valence-electron chi connectivity index (χ1n) is 28.7. The third-order valence-electron chi connectivity index (χ3n) is 14.3. The number of unbranched alkanes of at least 4 members (excludes halogenated alkanes) is 27. The zero-order valence-electron chi connectivity index (χ0n) is 43.8. The number of aryl methyl sites for hydroxylation is 3. The van der Waals surface area contributed by atoms with E-state index in [0.29, 0.717) is 0 Å². The quantitative estimate of drug-likeness (QED) is 0.0508. The van der Waals surface area contributed by atoms with Gasteiger partial charge in [0.25, 0.3) is 0 Å². The van der Waals surface area contributed by atoms with E-state index in [-0.39, 0.29) is 0 Å². The summed E-state index contributed by atoms with van der Waals surface area (Å²) in [4.78, 5) is 0. The van der Waals surface area contributed by atoms with Crippen LogP contribution in [0.1, 0.15) is 301 Å². The summed E-state index contributed by atoms with van der Waals surface area (Å²) in [5, 5.41) is 3.30. The Bertz CT molecular complexity index is 1160. The molecular weight excluding hydrogens is 759 g/mol. The van der Waals surface area contributed by atoms with Crippen molar-refractivity contribution in [2.24, 2.45) is 5.92 Å². The largest absolute Gasteiger partial charge is 0.320 e. The van der Waals surface area contributed by atoms with Crippen molar-refractivity contribution < 1.29 is 0 Å². The van der Waals surface area contributed by atoms with Gasteiger partial charge in [0.2, 0.25) is 0 Å². The van der Waals surface area contributed by atoms with E-state index in [2.05, 4.69) is 71.1 Å². The summed E-state index contributed by atoms with van der Waals surface area (Å²) in [6, 6.07) is 7.57. The highest BCUT2D eigenvalue weighted by Crippen LogP contribution is 2.28. The highest BCUT2D eigenvalue weighted by Gasteiger charge is 2.12. The summed E-state index contributed by atoms with van der Waals surface area (Å²) in [6.07, 6.45) is 59.7. The van der Waals surface area contributed by atoms with Crippen molar-refractivity contribution in [2.75, 3.05) is 13.6 Å². The van der Waals surface area contributed by atoms with Gasteiger partial charge in [0, 0.05) is 0 Å². The summed E-state index contributed by atoms with van der Waals surface area (Å²) in [5.74, 6) is 0.886. The second kappa shape index (κ2) is 45.6. The molecule has 1 N–H and O–H groups in total. The first kappa shape index (κ1) is 59.4. The second-order valence-corrected chi connectivity index (χ2v) is 20.7. The Hall–Kier alpha value is -1.60. The van der Waals surface area contributed by atoms with Crippen molar-refractivity contribution >= 4 is 0 Å². The van der Waals surface area contributed by atoms with Gasteiger partial charge in [0.15, 0.2) is 0 Å². The van der Waals surface area contributed by atoms with Crippen LogP contribution in [0, 0.1) is 5.92 Å². The number of nitrogens with one attached hydrogen (secondary N) is 1. The predicted molar refractivity (Wildman–Crippen MR) is 289 cm³/mol. The van der Waals surface area contributed by atoms with Crippen LogP contribution in [0.3, 0.4) is 0 Å². The Morgan fingerprint density at radius 3 is 1.29 bits per heavy atom. The highest BCUT2D eigenvalue weighted by molar-refractivity contribution is 5.33. The summed E-state index contributed by atoms with van der Waals surface area (Å²) in [5.41, 5.74) is 9.26. The van der Waals surface area contributed by atoms with Crippen LogP contribution in [0.2, 0.25) is 0 Å². The lowest BCUT2D eigenvalue weighted by atomic mass is 9.87. The monoisotopic (exact) mass is 872 g/mol. The number of benzene rings is 1. The third kappa shape index (κ3) is 38.2. The Labute approximate surface area is 397 Å². The minimum atomic E-state index is 0.886. The molecule has 0 saturated carbocycles. The molecule has 0 saturated heterocycles. The highest BCUT2D eigenvalue weighted by atomic mass is 14.8.